The Bertz CT molecular complexity index is 546. The van der Waals surface area contributed by atoms with Crippen LogP contribution in [0.3, 0.4) is 0 Å². The van der Waals surface area contributed by atoms with E-state index in [1.165, 1.54) is 0 Å². The molecular weight excluding hydrogens is 182 g/mol. The zero-order valence-corrected chi connectivity index (χ0v) is 7.24. The van der Waals surface area contributed by atoms with Gasteiger partial charge in [-0.1, -0.05) is 0 Å². The standard InChI is InChI=1S/C8H9N5O/c9-7(10)11-4-1-2-5-6(3-4)13-8(14)12-5/h1-3H,(H4,9,10,11)(H2,12,13,14). The maximum atomic E-state index is 10.9. The minimum Gasteiger partial charge on any atom is -0.370 e. The second-order valence-corrected chi connectivity index (χ2v) is 2.85. The fourth-order valence-corrected chi connectivity index (χ4v) is 1.24. The molecule has 1 heterocycles. The van der Waals surface area contributed by atoms with Crippen LogP contribution in [0.2, 0.25) is 0 Å². The van der Waals surface area contributed by atoms with Crippen LogP contribution in [0.15, 0.2) is 28.0 Å². The zero-order chi connectivity index (χ0) is 10.1. The summed E-state index contributed by atoms with van der Waals surface area (Å²) in [6.45, 7) is 0. The molecule has 0 bridgehead atoms. The Hall–Kier alpha value is -2.24. The molecule has 2 rings (SSSR count). The van der Waals surface area contributed by atoms with Gasteiger partial charge in [0.05, 0.1) is 16.7 Å². The highest BCUT2D eigenvalue weighted by Gasteiger charge is 1.98. The lowest BCUT2D eigenvalue weighted by Crippen LogP contribution is -2.21. The molecule has 1 aromatic carbocycles. The third kappa shape index (κ3) is 1.45. The van der Waals surface area contributed by atoms with Gasteiger partial charge in [-0.15, -0.1) is 0 Å². The first-order valence-electron chi connectivity index (χ1n) is 3.97. The predicted octanol–water partition coefficient (Wildman–Crippen LogP) is -0.239. The normalized spacial score (nSPS) is 10.3. The van der Waals surface area contributed by atoms with Gasteiger partial charge in [0.1, 0.15) is 0 Å². The van der Waals surface area contributed by atoms with Gasteiger partial charge in [0.2, 0.25) is 0 Å². The number of hydrogen-bond donors (Lipinski definition) is 4. The SMILES string of the molecule is NC(N)=Nc1ccc2[nH]c(=O)[nH]c2c1. The number of benzene rings is 1. The van der Waals surface area contributed by atoms with Crippen LogP contribution < -0.4 is 17.2 Å². The highest BCUT2D eigenvalue weighted by Crippen LogP contribution is 2.16. The lowest BCUT2D eigenvalue weighted by Gasteiger charge is -1.94. The zero-order valence-electron chi connectivity index (χ0n) is 7.24. The summed E-state index contributed by atoms with van der Waals surface area (Å²) < 4.78 is 0. The van der Waals surface area contributed by atoms with Crippen molar-refractivity contribution < 1.29 is 0 Å². The molecule has 0 saturated heterocycles. The molecule has 0 saturated carbocycles. The van der Waals surface area contributed by atoms with Crippen molar-refractivity contribution in [3.05, 3.63) is 28.7 Å². The number of fused-ring (bicyclic) bond motifs is 1. The number of aromatic amines is 2. The van der Waals surface area contributed by atoms with Crippen LogP contribution in [0.4, 0.5) is 5.69 Å². The highest BCUT2D eigenvalue weighted by molar-refractivity contribution is 5.82. The Morgan fingerprint density at radius 3 is 2.64 bits per heavy atom. The van der Waals surface area contributed by atoms with E-state index in [0.29, 0.717) is 11.2 Å². The van der Waals surface area contributed by atoms with Crippen LogP contribution in [0.5, 0.6) is 0 Å². The number of H-pyrrole nitrogens is 2. The number of rotatable bonds is 1. The predicted molar refractivity (Wildman–Crippen MR) is 54.4 cm³/mol. The fraction of sp³-hybridized carbons (Fsp3) is 0. The molecule has 0 radical (unpaired) electrons. The van der Waals surface area contributed by atoms with Gasteiger partial charge in [-0.05, 0) is 18.2 Å². The second-order valence-electron chi connectivity index (χ2n) is 2.85. The molecule has 0 fully saturated rings. The topological polar surface area (TPSA) is 113 Å². The minimum atomic E-state index is -0.248. The van der Waals surface area contributed by atoms with Gasteiger partial charge in [0, 0.05) is 0 Å². The minimum absolute atomic E-state index is 0.0118. The lowest BCUT2D eigenvalue weighted by molar-refractivity contribution is 1.21. The first-order chi connectivity index (χ1) is 6.65. The van der Waals surface area contributed by atoms with Gasteiger partial charge in [-0.2, -0.15) is 0 Å². The number of guanidine groups is 1. The molecule has 14 heavy (non-hydrogen) atoms. The number of nitrogens with zero attached hydrogens (tertiary/aromatic N) is 1. The van der Waals surface area contributed by atoms with E-state index in [2.05, 4.69) is 15.0 Å². The van der Waals surface area contributed by atoms with E-state index >= 15 is 0 Å². The molecular formula is C8H9N5O. The molecule has 1 aromatic heterocycles. The van der Waals surface area contributed by atoms with Crippen molar-refractivity contribution in [1.29, 1.82) is 0 Å². The maximum Gasteiger partial charge on any atom is 0.323 e. The number of aromatic nitrogens is 2. The summed E-state index contributed by atoms with van der Waals surface area (Å²) >= 11 is 0. The molecule has 6 nitrogen and oxygen atoms in total. The van der Waals surface area contributed by atoms with Crippen molar-refractivity contribution in [3.63, 3.8) is 0 Å². The molecule has 72 valence electrons. The number of imidazole rings is 1. The van der Waals surface area contributed by atoms with E-state index in [1.54, 1.807) is 18.2 Å². The van der Waals surface area contributed by atoms with Crippen LogP contribution >= 0.6 is 0 Å². The summed E-state index contributed by atoms with van der Waals surface area (Å²) in [6.07, 6.45) is 0. The largest absolute Gasteiger partial charge is 0.370 e. The summed E-state index contributed by atoms with van der Waals surface area (Å²) in [7, 11) is 0. The monoisotopic (exact) mass is 191 g/mol. The molecule has 0 spiro atoms. The average molecular weight is 191 g/mol. The summed E-state index contributed by atoms with van der Waals surface area (Å²) in [5.74, 6) is -0.0118. The van der Waals surface area contributed by atoms with Crippen molar-refractivity contribution in [3.8, 4) is 0 Å². The van der Waals surface area contributed by atoms with Crippen molar-refractivity contribution in [2.24, 2.45) is 16.5 Å². The van der Waals surface area contributed by atoms with Crippen molar-refractivity contribution in [1.82, 2.24) is 9.97 Å². The van der Waals surface area contributed by atoms with Crippen LogP contribution in [-0.2, 0) is 0 Å². The Morgan fingerprint density at radius 1 is 1.21 bits per heavy atom. The van der Waals surface area contributed by atoms with Crippen LogP contribution in [0.1, 0.15) is 0 Å². The van der Waals surface area contributed by atoms with E-state index in [0.717, 1.165) is 5.52 Å². The smallest absolute Gasteiger partial charge is 0.323 e. The van der Waals surface area contributed by atoms with E-state index in [9.17, 15) is 4.79 Å². The third-order valence-electron chi connectivity index (χ3n) is 1.76. The van der Waals surface area contributed by atoms with Crippen molar-refractivity contribution in [2.45, 2.75) is 0 Å². The Labute approximate surface area is 78.6 Å². The molecule has 0 aliphatic heterocycles. The Balaban J connectivity index is 2.61. The maximum absolute atomic E-state index is 10.9. The van der Waals surface area contributed by atoms with Crippen LogP contribution in [0.25, 0.3) is 11.0 Å². The van der Waals surface area contributed by atoms with E-state index < -0.39 is 0 Å². The lowest BCUT2D eigenvalue weighted by atomic mass is 10.3. The summed E-state index contributed by atoms with van der Waals surface area (Å²) in [4.78, 5) is 20.0. The number of hydrogen-bond acceptors (Lipinski definition) is 2. The summed E-state index contributed by atoms with van der Waals surface area (Å²) in [5.41, 5.74) is 12.2. The summed E-state index contributed by atoms with van der Waals surface area (Å²) in [6, 6.07) is 5.13. The highest BCUT2D eigenvalue weighted by atomic mass is 16.1. The molecule has 0 atom stereocenters. The Kier molecular flexibility index (Phi) is 1.74. The van der Waals surface area contributed by atoms with E-state index in [-0.39, 0.29) is 11.6 Å². The summed E-state index contributed by atoms with van der Waals surface area (Å²) in [5, 5.41) is 0. The molecule has 6 N–H and O–H groups in total. The number of nitrogens with one attached hydrogen (secondary N) is 2. The van der Waals surface area contributed by atoms with Crippen molar-refractivity contribution >= 4 is 22.7 Å². The van der Waals surface area contributed by atoms with Gasteiger partial charge >= 0.3 is 5.69 Å². The van der Waals surface area contributed by atoms with Gasteiger partial charge < -0.3 is 21.4 Å². The molecule has 0 aliphatic carbocycles. The van der Waals surface area contributed by atoms with Gasteiger partial charge in [-0.3, -0.25) is 0 Å². The third-order valence-corrected chi connectivity index (χ3v) is 1.76. The van der Waals surface area contributed by atoms with E-state index in [1.807, 2.05) is 0 Å². The van der Waals surface area contributed by atoms with E-state index in [4.69, 9.17) is 11.5 Å². The first kappa shape index (κ1) is 8.36. The molecule has 0 aliphatic rings. The number of nitrogens with two attached hydrogens (primary N) is 2. The fourth-order valence-electron chi connectivity index (χ4n) is 1.24. The molecule has 0 amide bonds. The second kappa shape index (κ2) is 2.91. The Morgan fingerprint density at radius 2 is 1.93 bits per heavy atom. The van der Waals surface area contributed by atoms with Crippen LogP contribution in [0, 0.1) is 0 Å². The molecule has 6 heteroatoms. The number of aliphatic imine (C=N–C) groups is 1. The molecule has 2 aromatic rings. The van der Waals surface area contributed by atoms with Gasteiger partial charge in [0.15, 0.2) is 5.96 Å². The average Bonchev–Trinajstić information content (AvgIpc) is 2.42. The van der Waals surface area contributed by atoms with Gasteiger partial charge in [-0.25, -0.2) is 9.79 Å². The van der Waals surface area contributed by atoms with Crippen LogP contribution in [-0.4, -0.2) is 15.9 Å². The quantitative estimate of drug-likeness (QED) is 0.368. The first-order valence-corrected chi connectivity index (χ1v) is 3.97. The van der Waals surface area contributed by atoms with Crippen molar-refractivity contribution in [2.75, 3.05) is 0 Å². The molecule has 0 unspecified atom stereocenters. The van der Waals surface area contributed by atoms with Gasteiger partial charge in [0.25, 0.3) is 0 Å².